The number of carbonyl (C=O) groups excluding carboxylic acids is 1. The highest BCUT2D eigenvalue weighted by atomic mass is 32.2. The predicted octanol–water partition coefficient (Wildman–Crippen LogP) is 2.63. The summed E-state index contributed by atoms with van der Waals surface area (Å²) in [6.45, 7) is 4.78. The van der Waals surface area contributed by atoms with E-state index in [1.807, 2.05) is 6.92 Å². The lowest BCUT2D eigenvalue weighted by atomic mass is 9.78. The Morgan fingerprint density at radius 2 is 2.18 bits per heavy atom. The number of carbonyl (C=O) groups is 1. The highest BCUT2D eigenvalue weighted by Gasteiger charge is 2.41. The first-order valence-corrected chi connectivity index (χ1v) is 8.74. The highest BCUT2D eigenvalue weighted by Crippen LogP contribution is 2.41. The minimum atomic E-state index is -0.305. The maximum Gasteiger partial charge on any atom is 0.269 e. The summed E-state index contributed by atoms with van der Waals surface area (Å²) < 4.78 is 7.56. The Balaban J connectivity index is 1.90. The normalized spacial score (nSPS) is 26.9. The first-order chi connectivity index (χ1) is 10.6. The molecule has 1 aromatic heterocycles. The largest absolute Gasteiger partial charge is 0.442 e. The van der Waals surface area contributed by atoms with E-state index in [4.69, 9.17) is 4.74 Å². The van der Waals surface area contributed by atoms with Crippen LogP contribution in [0, 0.1) is 11.8 Å². The second-order valence-corrected chi connectivity index (χ2v) is 7.50. The van der Waals surface area contributed by atoms with Crippen molar-refractivity contribution in [3.63, 3.8) is 0 Å². The molecule has 3 aliphatic rings. The fourth-order valence-electron chi connectivity index (χ4n) is 3.67. The zero-order valence-corrected chi connectivity index (χ0v) is 13.5. The Morgan fingerprint density at radius 3 is 3.00 bits per heavy atom. The van der Waals surface area contributed by atoms with E-state index in [-0.39, 0.29) is 28.7 Å². The number of hydrogen-bond donors (Lipinski definition) is 0. The van der Waals surface area contributed by atoms with Gasteiger partial charge in [0.2, 0.25) is 5.88 Å². The maximum absolute atomic E-state index is 12.9. The van der Waals surface area contributed by atoms with E-state index in [1.165, 1.54) is 0 Å². The van der Waals surface area contributed by atoms with E-state index in [9.17, 15) is 9.59 Å². The topological polar surface area (TPSA) is 61.2 Å². The zero-order chi connectivity index (χ0) is 15.4. The summed E-state index contributed by atoms with van der Waals surface area (Å²) in [4.78, 5) is 30.0. The van der Waals surface area contributed by atoms with Crippen LogP contribution in [0.15, 0.2) is 21.3 Å². The Morgan fingerprint density at radius 1 is 1.36 bits per heavy atom. The van der Waals surface area contributed by atoms with Gasteiger partial charge in [0.05, 0.1) is 5.92 Å². The molecule has 6 heteroatoms. The van der Waals surface area contributed by atoms with Crippen molar-refractivity contribution in [2.45, 2.75) is 44.8 Å². The van der Waals surface area contributed by atoms with E-state index in [0.29, 0.717) is 17.6 Å². The van der Waals surface area contributed by atoms with Crippen LogP contribution in [-0.2, 0) is 6.54 Å². The van der Waals surface area contributed by atoms with Crippen LogP contribution in [0.1, 0.15) is 43.5 Å². The first kappa shape index (κ1) is 14.1. The van der Waals surface area contributed by atoms with Gasteiger partial charge in [0.25, 0.3) is 5.56 Å². The zero-order valence-electron chi connectivity index (χ0n) is 12.7. The second-order valence-electron chi connectivity index (χ2n) is 6.44. The molecule has 0 radical (unpaired) electrons. The summed E-state index contributed by atoms with van der Waals surface area (Å²) in [5.74, 6) is 1.92. The lowest BCUT2D eigenvalue weighted by Crippen LogP contribution is -2.39. The molecule has 1 aliphatic carbocycles. The summed E-state index contributed by atoms with van der Waals surface area (Å²) >= 11 is 1.55. The number of hydrogen-bond acceptors (Lipinski definition) is 5. The molecule has 0 N–H and O–H groups in total. The highest BCUT2D eigenvalue weighted by molar-refractivity contribution is 7.99. The van der Waals surface area contributed by atoms with Gasteiger partial charge in [0, 0.05) is 12.3 Å². The first-order valence-electron chi connectivity index (χ1n) is 7.75. The Kier molecular flexibility index (Phi) is 3.18. The van der Waals surface area contributed by atoms with E-state index < -0.39 is 0 Å². The molecule has 0 spiro atoms. The summed E-state index contributed by atoms with van der Waals surface area (Å²) in [6.07, 6.45) is 2.62. The maximum atomic E-state index is 12.9. The number of aromatic nitrogens is 2. The van der Waals surface area contributed by atoms with Crippen molar-refractivity contribution in [1.82, 2.24) is 9.55 Å². The van der Waals surface area contributed by atoms with E-state index in [0.717, 1.165) is 36.3 Å². The molecule has 1 aromatic rings. The van der Waals surface area contributed by atoms with Crippen molar-refractivity contribution in [1.29, 1.82) is 0 Å². The number of ether oxygens (including phenoxy) is 1. The monoisotopic (exact) mass is 318 g/mol. The second kappa shape index (κ2) is 4.98. The molecule has 2 atom stereocenters. The molecule has 3 heterocycles. The van der Waals surface area contributed by atoms with Crippen LogP contribution < -0.4 is 10.3 Å². The Bertz CT molecular complexity index is 765. The number of rotatable bonds is 0. The molecule has 0 aromatic carbocycles. The molecule has 116 valence electrons. The standard InChI is InChI=1S/C16H18N2O3S/c1-8-6-9(2)13-10(7-8)12(19)11-14(21-13)17-16-18(15(11)20)4-3-5-22-16/h8,10H,3-7H2,1-2H3. The molecule has 0 bridgehead atoms. The van der Waals surface area contributed by atoms with Gasteiger partial charge in [-0.25, -0.2) is 0 Å². The summed E-state index contributed by atoms with van der Waals surface area (Å²) in [7, 11) is 0. The number of ketones is 1. The molecule has 2 aliphatic heterocycles. The smallest absolute Gasteiger partial charge is 0.269 e. The number of fused-ring (bicyclic) bond motifs is 3. The van der Waals surface area contributed by atoms with Crippen LogP contribution in [0.4, 0.5) is 0 Å². The van der Waals surface area contributed by atoms with Crippen LogP contribution in [0.2, 0.25) is 0 Å². The van der Waals surface area contributed by atoms with Crippen molar-refractivity contribution in [2.24, 2.45) is 11.8 Å². The quantitative estimate of drug-likeness (QED) is 0.688. The van der Waals surface area contributed by atoms with Gasteiger partial charge in [-0.1, -0.05) is 18.7 Å². The third-order valence-corrected chi connectivity index (χ3v) is 5.72. The van der Waals surface area contributed by atoms with Crippen molar-refractivity contribution in [3.05, 3.63) is 27.2 Å². The van der Waals surface area contributed by atoms with Gasteiger partial charge in [-0.05, 0) is 37.7 Å². The van der Waals surface area contributed by atoms with Crippen LogP contribution >= 0.6 is 11.8 Å². The third kappa shape index (κ3) is 1.96. The molecular weight excluding hydrogens is 300 g/mol. The van der Waals surface area contributed by atoms with Crippen LogP contribution in [0.25, 0.3) is 0 Å². The number of allylic oxidation sites excluding steroid dienone is 2. The molecule has 0 amide bonds. The molecular formula is C16H18N2O3S. The average Bonchev–Trinajstić information content (AvgIpc) is 2.49. The van der Waals surface area contributed by atoms with Gasteiger partial charge in [-0.2, -0.15) is 4.98 Å². The molecule has 0 saturated heterocycles. The Labute approximate surface area is 132 Å². The fraction of sp³-hybridized carbons (Fsp3) is 0.562. The molecule has 0 saturated carbocycles. The number of thioether (sulfide) groups is 1. The third-order valence-electron chi connectivity index (χ3n) is 4.66. The van der Waals surface area contributed by atoms with E-state index in [2.05, 4.69) is 11.9 Å². The SMILES string of the molecule is CC1=C2Oc3nc4n(c(=O)c3C(=O)C2CC(C)C1)CCCS4. The van der Waals surface area contributed by atoms with Crippen LogP contribution in [0.5, 0.6) is 5.88 Å². The molecule has 0 fully saturated rings. The predicted molar refractivity (Wildman–Crippen MR) is 83.4 cm³/mol. The van der Waals surface area contributed by atoms with Gasteiger partial charge in [-0.3, -0.25) is 14.2 Å². The molecule has 4 rings (SSSR count). The van der Waals surface area contributed by atoms with E-state index >= 15 is 0 Å². The van der Waals surface area contributed by atoms with Crippen molar-refractivity contribution < 1.29 is 9.53 Å². The van der Waals surface area contributed by atoms with Gasteiger partial charge in [0.15, 0.2) is 10.9 Å². The average molecular weight is 318 g/mol. The van der Waals surface area contributed by atoms with Crippen molar-refractivity contribution in [3.8, 4) is 5.88 Å². The van der Waals surface area contributed by atoms with Crippen molar-refractivity contribution >= 4 is 17.5 Å². The lowest BCUT2D eigenvalue weighted by Gasteiger charge is -2.33. The minimum absolute atomic E-state index is 0.106. The van der Waals surface area contributed by atoms with Gasteiger partial charge < -0.3 is 4.74 Å². The number of Topliss-reactive ketones (excluding diaryl/α,β-unsaturated/α-hetero) is 1. The van der Waals surface area contributed by atoms with Crippen LogP contribution in [0.3, 0.4) is 0 Å². The summed E-state index contributed by atoms with van der Waals surface area (Å²) in [6, 6.07) is 0. The van der Waals surface area contributed by atoms with Crippen molar-refractivity contribution in [2.75, 3.05) is 5.75 Å². The van der Waals surface area contributed by atoms with E-state index in [1.54, 1.807) is 16.3 Å². The Hall–Kier alpha value is -1.56. The molecule has 2 unspecified atom stereocenters. The van der Waals surface area contributed by atoms with Gasteiger partial charge in [0.1, 0.15) is 11.3 Å². The summed E-state index contributed by atoms with van der Waals surface area (Å²) in [5, 5.41) is 0.670. The van der Waals surface area contributed by atoms with Gasteiger partial charge >= 0.3 is 0 Å². The lowest BCUT2D eigenvalue weighted by molar-refractivity contribution is 0.0846. The summed E-state index contributed by atoms with van der Waals surface area (Å²) in [5.41, 5.74) is 1.03. The van der Waals surface area contributed by atoms with Gasteiger partial charge in [-0.15, -0.1) is 0 Å². The molecule has 5 nitrogen and oxygen atoms in total. The fourth-order valence-corrected chi connectivity index (χ4v) is 4.60. The minimum Gasteiger partial charge on any atom is -0.442 e. The molecule has 22 heavy (non-hydrogen) atoms. The van der Waals surface area contributed by atoms with Crippen LogP contribution in [-0.4, -0.2) is 21.1 Å². The number of nitrogens with zero attached hydrogens (tertiary/aromatic N) is 2.